The van der Waals surface area contributed by atoms with Crippen molar-refractivity contribution in [2.75, 3.05) is 5.94 Å². The van der Waals surface area contributed by atoms with Gasteiger partial charge in [-0.2, -0.15) is 0 Å². The lowest BCUT2D eigenvalue weighted by molar-refractivity contribution is 0.0886. The molecule has 1 heterocycles. The minimum absolute atomic E-state index is 0.414. The van der Waals surface area contributed by atoms with Crippen LogP contribution in [0.3, 0.4) is 0 Å². The number of allylic oxidation sites excluding steroid dienone is 1. The number of hydrogen-bond acceptors (Lipinski definition) is 2. The average molecular weight is 240 g/mol. The molecule has 0 amide bonds. The van der Waals surface area contributed by atoms with Gasteiger partial charge in [0.15, 0.2) is 0 Å². The maximum atomic E-state index is 5.64. The van der Waals surface area contributed by atoms with Gasteiger partial charge in [-0.1, -0.05) is 25.0 Å². The highest BCUT2D eigenvalue weighted by atomic mass is 32.2. The van der Waals surface area contributed by atoms with Crippen molar-refractivity contribution in [2.24, 2.45) is 5.41 Å². The van der Waals surface area contributed by atoms with E-state index < -0.39 is 0 Å². The van der Waals surface area contributed by atoms with Crippen molar-refractivity contribution in [3.8, 4) is 0 Å². The van der Waals surface area contributed by atoms with Gasteiger partial charge in [-0.15, -0.1) is 11.8 Å². The van der Waals surface area contributed by atoms with Gasteiger partial charge in [0.05, 0.1) is 12.0 Å². The molecule has 1 fully saturated rings. The summed E-state index contributed by atoms with van der Waals surface area (Å²) in [7, 11) is 0. The van der Waals surface area contributed by atoms with Gasteiger partial charge in [0.1, 0.15) is 0 Å². The third-order valence-electron chi connectivity index (χ3n) is 4.03. The van der Waals surface area contributed by atoms with Gasteiger partial charge in [-0.3, -0.25) is 0 Å². The Hall–Kier alpha value is 0.0500. The predicted molar refractivity (Wildman–Crippen MR) is 71.7 cm³/mol. The molecule has 0 saturated carbocycles. The predicted octanol–water partition coefficient (Wildman–Crippen LogP) is 4.38. The summed E-state index contributed by atoms with van der Waals surface area (Å²) < 4.78 is 5.64. The molecular formula is C14H24OS. The SMILES string of the molecule is CC1=C(C2CC(C)OCS2)C(C)(C)CCC1. The fourth-order valence-electron chi connectivity index (χ4n) is 3.23. The maximum absolute atomic E-state index is 5.64. The quantitative estimate of drug-likeness (QED) is 0.629. The lowest BCUT2D eigenvalue weighted by atomic mass is 9.71. The first-order valence-corrected chi connectivity index (χ1v) is 7.49. The third-order valence-corrected chi connectivity index (χ3v) is 5.13. The summed E-state index contributed by atoms with van der Waals surface area (Å²) in [6.07, 6.45) is 5.66. The van der Waals surface area contributed by atoms with Gasteiger partial charge < -0.3 is 4.74 Å². The summed E-state index contributed by atoms with van der Waals surface area (Å²) in [6, 6.07) is 0. The number of ether oxygens (including phenoxy) is 1. The molecule has 16 heavy (non-hydrogen) atoms. The van der Waals surface area contributed by atoms with Crippen LogP contribution in [0.15, 0.2) is 11.1 Å². The Balaban J connectivity index is 2.22. The Morgan fingerprint density at radius 3 is 2.75 bits per heavy atom. The van der Waals surface area contributed by atoms with Crippen LogP contribution < -0.4 is 0 Å². The average Bonchev–Trinajstić information content (AvgIpc) is 2.15. The number of thioether (sulfide) groups is 1. The summed E-state index contributed by atoms with van der Waals surface area (Å²) >= 11 is 2.00. The van der Waals surface area contributed by atoms with Crippen LogP contribution in [0.5, 0.6) is 0 Å². The number of rotatable bonds is 1. The fraction of sp³-hybridized carbons (Fsp3) is 0.857. The normalized spacial score (nSPS) is 35.2. The lowest BCUT2D eigenvalue weighted by Gasteiger charge is -2.41. The molecule has 1 aliphatic heterocycles. The van der Waals surface area contributed by atoms with Crippen LogP contribution in [-0.2, 0) is 4.74 Å². The van der Waals surface area contributed by atoms with E-state index in [0.717, 1.165) is 5.94 Å². The Labute approximate surface area is 104 Å². The first kappa shape index (κ1) is 12.5. The van der Waals surface area contributed by atoms with Crippen LogP contribution in [0, 0.1) is 5.41 Å². The van der Waals surface area contributed by atoms with Crippen LogP contribution in [0.4, 0.5) is 0 Å². The van der Waals surface area contributed by atoms with Crippen molar-refractivity contribution < 1.29 is 4.74 Å². The Kier molecular flexibility index (Phi) is 3.70. The molecule has 1 aliphatic carbocycles. The lowest BCUT2D eigenvalue weighted by Crippen LogP contribution is -2.32. The zero-order valence-corrected chi connectivity index (χ0v) is 11.8. The molecule has 2 rings (SSSR count). The van der Waals surface area contributed by atoms with Crippen molar-refractivity contribution in [2.45, 2.75) is 64.7 Å². The van der Waals surface area contributed by atoms with E-state index in [0.29, 0.717) is 16.8 Å². The Morgan fingerprint density at radius 1 is 1.38 bits per heavy atom. The van der Waals surface area contributed by atoms with Gasteiger partial charge in [-0.25, -0.2) is 0 Å². The van der Waals surface area contributed by atoms with Crippen LogP contribution in [0.2, 0.25) is 0 Å². The summed E-state index contributed by atoms with van der Waals surface area (Å²) in [6.45, 7) is 9.40. The summed E-state index contributed by atoms with van der Waals surface area (Å²) in [5.41, 5.74) is 3.80. The van der Waals surface area contributed by atoms with Crippen LogP contribution >= 0.6 is 11.8 Å². The smallest absolute Gasteiger partial charge is 0.0930 e. The molecule has 2 atom stereocenters. The summed E-state index contributed by atoms with van der Waals surface area (Å²) in [5.74, 6) is 0.874. The molecule has 0 N–H and O–H groups in total. The zero-order valence-electron chi connectivity index (χ0n) is 11.0. The van der Waals surface area contributed by atoms with Gasteiger partial charge >= 0.3 is 0 Å². The first-order valence-electron chi connectivity index (χ1n) is 6.44. The van der Waals surface area contributed by atoms with Crippen molar-refractivity contribution in [3.05, 3.63) is 11.1 Å². The van der Waals surface area contributed by atoms with Crippen LogP contribution in [0.1, 0.15) is 53.4 Å². The van der Waals surface area contributed by atoms with Crippen molar-refractivity contribution in [3.63, 3.8) is 0 Å². The van der Waals surface area contributed by atoms with Crippen molar-refractivity contribution >= 4 is 11.8 Å². The topological polar surface area (TPSA) is 9.23 Å². The van der Waals surface area contributed by atoms with Crippen molar-refractivity contribution in [1.82, 2.24) is 0 Å². The second-order valence-electron chi connectivity index (χ2n) is 5.92. The van der Waals surface area contributed by atoms with Gasteiger partial charge in [0.25, 0.3) is 0 Å². The van der Waals surface area contributed by atoms with E-state index in [1.54, 1.807) is 11.1 Å². The molecule has 0 aromatic rings. The Morgan fingerprint density at radius 2 is 2.12 bits per heavy atom. The molecule has 0 aromatic heterocycles. The summed E-state index contributed by atoms with van der Waals surface area (Å²) in [5, 5.41) is 0.707. The second kappa shape index (κ2) is 4.73. The maximum Gasteiger partial charge on any atom is 0.0930 e. The van der Waals surface area contributed by atoms with E-state index >= 15 is 0 Å². The van der Waals surface area contributed by atoms with Gasteiger partial charge in [0.2, 0.25) is 0 Å². The molecule has 0 radical (unpaired) electrons. The fourth-order valence-corrected chi connectivity index (χ4v) is 4.80. The van der Waals surface area contributed by atoms with Gasteiger partial charge in [0, 0.05) is 5.25 Å². The largest absolute Gasteiger partial charge is 0.368 e. The molecule has 2 aliphatic rings. The molecule has 0 aromatic carbocycles. The standard InChI is InChI=1S/C14H24OS/c1-10-6-5-7-14(3,4)13(10)12-8-11(2)15-9-16-12/h11-12H,5-9H2,1-4H3. The molecule has 0 spiro atoms. The second-order valence-corrected chi connectivity index (χ2v) is 7.06. The zero-order chi connectivity index (χ0) is 11.8. The Bertz CT molecular complexity index is 293. The van der Waals surface area contributed by atoms with Crippen molar-refractivity contribution in [1.29, 1.82) is 0 Å². The third kappa shape index (κ3) is 2.48. The molecule has 0 bridgehead atoms. The highest BCUT2D eigenvalue weighted by Gasteiger charge is 2.35. The molecule has 2 heteroatoms. The number of hydrogen-bond donors (Lipinski definition) is 0. The van der Waals surface area contributed by atoms with E-state index in [9.17, 15) is 0 Å². The molecule has 92 valence electrons. The highest BCUT2D eigenvalue weighted by Crippen LogP contribution is 2.47. The summed E-state index contributed by atoms with van der Waals surface area (Å²) in [4.78, 5) is 0. The van der Waals surface area contributed by atoms with E-state index in [1.165, 1.54) is 25.7 Å². The highest BCUT2D eigenvalue weighted by molar-refractivity contribution is 8.00. The van der Waals surface area contributed by atoms with E-state index in [-0.39, 0.29) is 0 Å². The first-order chi connectivity index (χ1) is 7.50. The van der Waals surface area contributed by atoms with Crippen LogP contribution in [-0.4, -0.2) is 17.3 Å². The van der Waals surface area contributed by atoms with E-state index in [4.69, 9.17) is 4.74 Å². The molecule has 1 nitrogen and oxygen atoms in total. The molecular weight excluding hydrogens is 216 g/mol. The molecule has 2 unspecified atom stereocenters. The van der Waals surface area contributed by atoms with Gasteiger partial charge in [-0.05, 0) is 44.9 Å². The van der Waals surface area contributed by atoms with E-state index in [1.807, 2.05) is 11.8 Å². The van der Waals surface area contributed by atoms with E-state index in [2.05, 4.69) is 27.7 Å². The molecule has 1 saturated heterocycles. The monoisotopic (exact) mass is 240 g/mol. The minimum atomic E-state index is 0.414. The minimum Gasteiger partial charge on any atom is -0.368 e. The van der Waals surface area contributed by atoms with Crippen LogP contribution in [0.25, 0.3) is 0 Å².